The van der Waals surface area contributed by atoms with Crippen LogP contribution in [0.2, 0.25) is 0 Å². The minimum Gasteiger partial charge on any atom is -0.399 e. The summed E-state index contributed by atoms with van der Waals surface area (Å²) in [4.78, 5) is 11.8. The molecule has 0 aliphatic heterocycles. The van der Waals surface area contributed by atoms with Crippen molar-refractivity contribution in [2.45, 2.75) is 44.6 Å². The van der Waals surface area contributed by atoms with Crippen LogP contribution in [-0.4, -0.2) is 23.7 Å². The van der Waals surface area contributed by atoms with Crippen LogP contribution in [0.3, 0.4) is 0 Å². The Hall–Kier alpha value is -1.26. The maximum absolute atomic E-state index is 11.8. The standard InChI is InChI=1S/C16H24N2O2.ClH/c17-14-7-3-1-5-12(14)9-10-16(20)18-11-13-6-2-4-8-15(13)19;/h1,3,5,7,13,15,19H,2,4,6,8-11,17H2,(H,18,20);1H. The average molecular weight is 313 g/mol. The first-order valence-electron chi connectivity index (χ1n) is 7.45. The van der Waals surface area contributed by atoms with Gasteiger partial charge < -0.3 is 16.2 Å². The van der Waals surface area contributed by atoms with Gasteiger partial charge in [-0.15, -0.1) is 12.4 Å². The number of amides is 1. The van der Waals surface area contributed by atoms with Gasteiger partial charge in [-0.2, -0.15) is 0 Å². The van der Waals surface area contributed by atoms with Gasteiger partial charge in [0, 0.05) is 24.6 Å². The fraction of sp³-hybridized carbons (Fsp3) is 0.562. The van der Waals surface area contributed by atoms with Crippen LogP contribution in [0, 0.1) is 5.92 Å². The van der Waals surface area contributed by atoms with Gasteiger partial charge in [0.1, 0.15) is 0 Å². The predicted octanol–water partition coefficient (Wildman–Crippen LogP) is 2.29. The molecule has 0 aromatic heterocycles. The molecule has 2 unspecified atom stereocenters. The average Bonchev–Trinajstić information content (AvgIpc) is 2.45. The largest absolute Gasteiger partial charge is 0.399 e. The molecule has 0 radical (unpaired) electrons. The molecule has 0 heterocycles. The maximum Gasteiger partial charge on any atom is 0.220 e. The molecule has 0 spiro atoms. The minimum absolute atomic E-state index is 0. The number of anilines is 1. The first-order chi connectivity index (χ1) is 9.66. The van der Waals surface area contributed by atoms with Gasteiger partial charge in [-0.3, -0.25) is 4.79 Å². The normalized spacial score (nSPS) is 21.4. The number of carbonyl (C=O) groups is 1. The third-order valence-corrected chi connectivity index (χ3v) is 4.11. The van der Waals surface area contributed by atoms with Crippen LogP contribution in [0.25, 0.3) is 0 Å². The van der Waals surface area contributed by atoms with Gasteiger partial charge in [-0.05, 0) is 30.9 Å². The highest BCUT2D eigenvalue weighted by Gasteiger charge is 2.23. The lowest BCUT2D eigenvalue weighted by atomic mass is 9.86. The number of hydrogen-bond acceptors (Lipinski definition) is 3. The van der Waals surface area contributed by atoms with Crippen LogP contribution < -0.4 is 11.1 Å². The fourth-order valence-electron chi connectivity index (χ4n) is 2.77. The SMILES string of the molecule is Cl.Nc1ccccc1CCC(=O)NCC1CCCCC1O. The third kappa shape index (κ3) is 5.56. The summed E-state index contributed by atoms with van der Waals surface area (Å²) in [5.41, 5.74) is 7.60. The number of nitrogens with one attached hydrogen (secondary N) is 1. The third-order valence-electron chi connectivity index (χ3n) is 4.11. The number of aryl methyl sites for hydroxylation is 1. The zero-order valence-corrected chi connectivity index (χ0v) is 13.1. The number of carbonyl (C=O) groups excluding carboxylic acids is 1. The molecule has 1 aromatic rings. The number of nitrogen functional groups attached to an aromatic ring is 1. The summed E-state index contributed by atoms with van der Waals surface area (Å²) >= 11 is 0. The Morgan fingerprint density at radius 1 is 1.29 bits per heavy atom. The predicted molar refractivity (Wildman–Crippen MR) is 87.4 cm³/mol. The molecule has 0 bridgehead atoms. The van der Waals surface area contributed by atoms with Crippen LogP contribution in [0.1, 0.15) is 37.7 Å². The smallest absolute Gasteiger partial charge is 0.220 e. The van der Waals surface area contributed by atoms with Gasteiger partial charge in [0.25, 0.3) is 0 Å². The number of halogens is 1. The van der Waals surface area contributed by atoms with E-state index in [1.807, 2.05) is 24.3 Å². The number of para-hydroxylation sites is 1. The number of aliphatic hydroxyl groups is 1. The van der Waals surface area contributed by atoms with Crippen molar-refractivity contribution < 1.29 is 9.90 Å². The highest BCUT2D eigenvalue weighted by Crippen LogP contribution is 2.23. The van der Waals surface area contributed by atoms with Gasteiger partial charge in [0.2, 0.25) is 5.91 Å². The van der Waals surface area contributed by atoms with Gasteiger partial charge in [-0.25, -0.2) is 0 Å². The molecule has 21 heavy (non-hydrogen) atoms. The van der Waals surface area contributed by atoms with E-state index < -0.39 is 0 Å². The summed E-state index contributed by atoms with van der Waals surface area (Å²) in [5, 5.41) is 12.8. The second-order valence-corrected chi connectivity index (χ2v) is 5.61. The molecule has 1 amide bonds. The van der Waals surface area contributed by atoms with Crippen molar-refractivity contribution in [3.05, 3.63) is 29.8 Å². The Morgan fingerprint density at radius 3 is 2.71 bits per heavy atom. The van der Waals surface area contributed by atoms with Crippen molar-refractivity contribution in [2.24, 2.45) is 5.92 Å². The Morgan fingerprint density at radius 2 is 2.00 bits per heavy atom. The van der Waals surface area contributed by atoms with E-state index >= 15 is 0 Å². The minimum atomic E-state index is -0.256. The molecule has 2 rings (SSSR count). The molecular weight excluding hydrogens is 288 g/mol. The van der Waals surface area contributed by atoms with Crippen molar-refractivity contribution in [1.29, 1.82) is 0 Å². The molecule has 2 atom stereocenters. The molecule has 1 aromatic carbocycles. The second-order valence-electron chi connectivity index (χ2n) is 5.61. The lowest BCUT2D eigenvalue weighted by Gasteiger charge is -2.27. The molecule has 118 valence electrons. The summed E-state index contributed by atoms with van der Waals surface area (Å²) in [6.45, 7) is 0.588. The molecule has 1 fully saturated rings. The van der Waals surface area contributed by atoms with E-state index in [1.54, 1.807) is 0 Å². The molecule has 5 heteroatoms. The number of nitrogens with two attached hydrogens (primary N) is 1. The summed E-state index contributed by atoms with van der Waals surface area (Å²) < 4.78 is 0. The van der Waals surface area contributed by atoms with E-state index in [0.29, 0.717) is 19.4 Å². The van der Waals surface area contributed by atoms with Crippen LogP contribution >= 0.6 is 12.4 Å². The summed E-state index contributed by atoms with van der Waals surface area (Å²) in [6, 6.07) is 7.63. The Balaban J connectivity index is 0.00000220. The van der Waals surface area contributed by atoms with E-state index in [1.165, 1.54) is 0 Å². The number of rotatable bonds is 5. The Labute approximate surface area is 132 Å². The molecular formula is C16H25ClN2O2. The van der Waals surface area contributed by atoms with Gasteiger partial charge in [-0.1, -0.05) is 31.0 Å². The highest BCUT2D eigenvalue weighted by molar-refractivity contribution is 5.85. The zero-order chi connectivity index (χ0) is 14.4. The maximum atomic E-state index is 11.8. The van der Waals surface area contributed by atoms with E-state index in [0.717, 1.165) is 36.9 Å². The van der Waals surface area contributed by atoms with Crippen LogP contribution in [-0.2, 0) is 11.2 Å². The van der Waals surface area contributed by atoms with Crippen molar-refractivity contribution in [3.63, 3.8) is 0 Å². The Kier molecular flexibility index (Phi) is 7.54. The summed E-state index contributed by atoms with van der Waals surface area (Å²) in [5.74, 6) is 0.250. The number of hydrogen-bond donors (Lipinski definition) is 3. The van der Waals surface area contributed by atoms with Crippen LogP contribution in [0.15, 0.2) is 24.3 Å². The van der Waals surface area contributed by atoms with E-state index in [2.05, 4.69) is 5.32 Å². The van der Waals surface area contributed by atoms with Gasteiger partial charge >= 0.3 is 0 Å². The molecule has 4 nitrogen and oxygen atoms in total. The number of benzene rings is 1. The van der Waals surface area contributed by atoms with Gasteiger partial charge in [0.05, 0.1) is 6.10 Å². The highest BCUT2D eigenvalue weighted by atomic mass is 35.5. The lowest BCUT2D eigenvalue weighted by molar-refractivity contribution is -0.121. The fourth-order valence-corrected chi connectivity index (χ4v) is 2.77. The molecule has 1 aliphatic rings. The van der Waals surface area contributed by atoms with E-state index in [9.17, 15) is 9.90 Å². The monoisotopic (exact) mass is 312 g/mol. The zero-order valence-electron chi connectivity index (χ0n) is 12.3. The van der Waals surface area contributed by atoms with E-state index in [4.69, 9.17) is 5.73 Å². The first-order valence-corrected chi connectivity index (χ1v) is 7.45. The topological polar surface area (TPSA) is 75.4 Å². The Bertz CT molecular complexity index is 454. The van der Waals surface area contributed by atoms with Crippen molar-refractivity contribution >= 4 is 24.0 Å². The van der Waals surface area contributed by atoms with Crippen molar-refractivity contribution in [3.8, 4) is 0 Å². The lowest BCUT2D eigenvalue weighted by Crippen LogP contribution is -2.36. The van der Waals surface area contributed by atoms with E-state index in [-0.39, 0.29) is 30.3 Å². The van der Waals surface area contributed by atoms with Crippen molar-refractivity contribution in [1.82, 2.24) is 5.32 Å². The summed E-state index contributed by atoms with van der Waals surface area (Å²) in [6.07, 6.45) is 4.96. The molecule has 1 aliphatic carbocycles. The van der Waals surface area contributed by atoms with Crippen LogP contribution in [0.5, 0.6) is 0 Å². The quantitative estimate of drug-likeness (QED) is 0.730. The number of aliphatic hydroxyl groups excluding tert-OH is 1. The van der Waals surface area contributed by atoms with Gasteiger partial charge in [0.15, 0.2) is 0 Å². The molecule has 0 saturated heterocycles. The molecule has 1 saturated carbocycles. The van der Waals surface area contributed by atoms with Crippen molar-refractivity contribution in [2.75, 3.05) is 12.3 Å². The molecule has 4 N–H and O–H groups in total. The second kappa shape index (κ2) is 8.90. The first kappa shape index (κ1) is 17.8. The van der Waals surface area contributed by atoms with Crippen LogP contribution in [0.4, 0.5) is 5.69 Å². The summed E-state index contributed by atoms with van der Waals surface area (Å²) in [7, 11) is 0.